The number of hydrogen-bond acceptors (Lipinski definition) is 3. The zero-order valence-electron chi connectivity index (χ0n) is 9.29. The van der Waals surface area contributed by atoms with Crippen LogP contribution in [0, 0.1) is 6.92 Å². The van der Waals surface area contributed by atoms with Crippen LogP contribution in [0.3, 0.4) is 0 Å². The highest BCUT2D eigenvalue weighted by molar-refractivity contribution is 5.42. The summed E-state index contributed by atoms with van der Waals surface area (Å²) < 4.78 is 0. The first-order valence-corrected chi connectivity index (χ1v) is 5.74. The van der Waals surface area contributed by atoms with E-state index in [-0.39, 0.29) is 0 Å². The van der Waals surface area contributed by atoms with Crippen molar-refractivity contribution in [3.05, 3.63) is 24.0 Å². The molecule has 1 fully saturated rings. The molecule has 1 aromatic rings. The highest BCUT2D eigenvalue weighted by Crippen LogP contribution is 2.10. The predicted molar refractivity (Wildman–Crippen MR) is 63.1 cm³/mol. The van der Waals surface area contributed by atoms with Gasteiger partial charge in [-0.3, -0.25) is 4.98 Å². The fraction of sp³-hybridized carbons (Fsp3) is 0.583. The molecular weight excluding hydrogens is 186 g/mol. The molecule has 1 saturated heterocycles. The molecule has 0 amide bonds. The summed E-state index contributed by atoms with van der Waals surface area (Å²) in [6.45, 7) is 4.25. The molecule has 15 heavy (non-hydrogen) atoms. The standard InChI is InChI=1S/C12H19N3/c1-10-9-12(5-7-13-10)15-8-4-11-3-2-6-14-11/h5,7,9,11,14H,2-4,6,8H2,1H3,(H,13,15)/t11-/m0/s1. The number of aromatic nitrogens is 1. The van der Waals surface area contributed by atoms with Crippen molar-refractivity contribution in [2.45, 2.75) is 32.2 Å². The van der Waals surface area contributed by atoms with Gasteiger partial charge in [-0.25, -0.2) is 0 Å². The van der Waals surface area contributed by atoms with Crippen molar-refractivity contribution in [2.24, 2.45) is 0 Å². The predicted octanol–water partition coefficient (Wildman–Crippen LogP) is 1.94. The highest BCUT2D eigenvalue weighted by atomic mass is 15.0. The van der Waals surface area contributed by atoms with Crippen LogP contribution in [0.5, 0.6) is 0 Å². The Kier molecular flexibility index (Phi) is 3.56. The molecule has 3 heteroatoms. The molecule has 0 spiro atoms. The van der Waals surface area contributed by atoms with E-state index in [4.69, 9.17) is 0 Å². The lowest BCUT2D eigenvalue weighted by Gasteiger charge is -2.11. The normalized spacial score (nSPS) is 20.5. The molecule has 0 bridgehead atoms. The molecule has 2 N–H and O–H groups in total. The lowest BCUT2D eigenvalue weighted by molar-refractivity contribution is 0.574. The van der Waals surface area contributed by atoms with Crippen molar-refractivity contribution < 1.29 is 0 Å². The largest absolute Gasteiger partial charge is 0.385 e. The summed E-state index contributed by atoms with van der Waals surface area (Å²) in [4.78, 5) is 4.17. The smallest absolute Gasteiger partial charge is 0.0393 e. The molecular formula is C12H19N3. The zero-order valence-corrected chi connectivity index (χ0v) is 9.29. The molecule has 2 rings (SSSR count). The van der Waals surface area contributed by atoms with Crippen LogP contribution < -0.4 is 10.6 Å². The molecule has 0 saturated carbocycles. The number of nitrogens with zero attached hydrogens (tertiary/aromatic N) is 1. The Balaban J connectivity index is 1.73. The minimum Gasteiger partial charge on any atom is -0.385 e. The summed E-state index contributed by atoms with van der Waals surface area (Å²) in [6, 6.07) is 4.83. The Hall–Kier alpha value is -1.09. The van der Waals surface area contributed by atoms with Crippen LogP contribution in [-0.2, 0) is 0 Å². The van der Waals surface area contributed by atoms with Crippen LogP contribution in [0.25, 0.3) is 0 Å². The number of aryl methyl sites for hydroxylation is 1. The zero-order chi connectivity index (χ0) is 10.5. The summed E-state index contributed by atoms with van der Waals surface area (Å²) in [7, 11) is 0. The van der Waals surface area contributed by atoms with Crippen molar-refractivity contribution in [3.8, 4) is 0 Å². The Bertz CT molecular complexity index is 305. The van der Waals surface area contributed by atoms with Crippen molar-refractivity contribution in [2.75, 3.05) is 18.4 Å². The third kappa shape index (κ3) is 3.20. The van der Waals surface area contributed by atoms with Crippen LogP contribution in [0.1, 0.15) is 25.0 Å². The van der Waals surface area contributed by atoms with Crippen LogP contribution >= 0.6 is 0 Å². The van der Waals surface area contributed by atoms with Crippen molar-refractivity contribution >= 4 is 5.69 Å². The number of hydrogen-bond donors (Lipinski definition) is 2. The van der Waals surface area contributed by atoms with Gasteiger partial charge in [0.25, 0.3) is 0 Å². The van der Waals surface area contributed by atoms with Crippen LogP contribution in [0.4, 0.5) is 5.69 Å². The van der Waals surface area contributed by atoms with E-state index >= 15 is 0 Å². The SMILES string of the molecule is Cc1cc(NCC[C@@H]2CCCN2)ccn1. The molecule has 0 aliphatic carbocycles. The number of pyridine rings is 1. The number of rotatable bonds is 4. The van der Waals surface area contributed by atoms with E-state index in [2.05, 4.69) is 21.7 Å². The quantitative estimate of drug-likeness (QED) is 0.789. The van der Waals surface area contributed by atoms with Gasteiger partial charge in [-0.05, 0) is 44.9 Å². The number of anilines is 1. The maximum atomic E-state index is 4.17. The van der Waals surface area contributed by atoms with E-state index in [9.17, 15) is 0 Å². The second-order valence-electron chi connectivity index (χ2n) is 4.19. The van der Waals surface area contributed by atoms with E-state index in [1.165, 1.54) is 31.5 Å². The van der Waals surface area contributed by atoms with E-state index in [1.807, 2.05) is 19.2 Å². The fourth-order valence-corrected chi connectivity index (χ4v) is 2.05. The van der Waals surface area contributed by atoms with E-state index in [0.717, 1.165) is 18.3 Å². The molecule has 1 aliphatic heterocycles. The highest BCUT2D eigenvalue weighted by Gasteiger charge is 2.12. The average Bonchev–Trinajstić information content (AvgIpc) is 2.71. The molecule has 2 heterocycles. The monoisotopic (exact) mass is 205 g/mol. The minimum atomic E-state index is 0.723. The summed E-state index contributed by atoms with van der Waals surface area (Å²) in [6.07, 6.45) is 5.73. The maximum Gasteiger partial charge on any atom is 0.0393 e. The van der Waals surface area contributed by atoms with Gasteiger partial charge in [-0.15, -0.1) is 0 Å². The topological polar surface area (TPSA) is 37.0 Å². The van der Waals surface area contributed by atoms with Crippen molar-refractivity contribution in [3.63, 3.8) is 0 Å². The molecule has 3 nitrogen and oxygen atoms in total. The first kappa shape index (κ1) is 10.4. The second-order valence-corrected chi connectivity index (χ2v) is 4.19. The Morgan fingerprint density at radius 3 is 3.27 bits per heavy atom. The number of nitrogens with one attached hydrogen (secondary N) is 2. The molecule has 82 valence electrons. The maximum absolute atomic E-state index is 4.17. The van der Waals surface area contributed by atoms with E-state index in [0.29, 0.717) is 0 Å². The van der Waals surface area contributed by atoms with Crippen molar-refractivity contribution in [1.29, 1.82) is 0 Å². The molecule has 1 aliphatic rings. The van der Waals surface area contributed by atoms with Gasteiger partial charge < -0.3 is 10.6 Å². The molecule has 1 aromatic heterocycles. The lowest BCUT2D eigenvalue weighted by atomic mass is 10.1. The van der Waals surface area contributed by atoms with E-state index in [1.54, 1.807) is 0 Å². The Morgan fingerprint density at radius 2 is 2.53 bits per heavy atom. The van der Waals surface area contributed by atoms with Crippen molar-refractivity contribution in [1.82, 2.24) is 10.3 Å². The van der Waals surface area contributed by atoms with E-state index < -0.39 is 0 Å². The van der Waals surface area contributed by atoms with Crippen LogP contribution in [-0.4, -0.2) is 24.1 Å². The van der Waals surface area contributed by atoms with Crippen LogP contribution in [0.2, 0.25) is 0 Å². The molecule has 0 unspecified atom stereocenters. The third-order valence-corrected chi connectivity index (χ3v) is 2.88. The fourth-order valence-electron chi connectivity index (χ4n) is 2.05. The molecule has 1 atom stereocenters. The van der Waals surface area contributed by atoms with Gasteiger partial charge in [0.15, 0.2) is 0 Å². The first-order chi connectivity index (χ1) is 7.34. The molecule has 0 radical (unpaired) electrons. The van der Waals surface area contributed by atoms with Gasteiger partial charge in [-0.2, -0.15) is 0 Å². The summed E-state index contributed by atoms with van der Waals surface area (Å²) in [5, 5.41) is 6.93. The average molecular weight is 205 g/mol. The van der Waals surface area contributed by atoms with Gasteiger partial charge in [-0.1, -0.05) is 0 Å². The van der Waals surface area contributed by atoms with Gasteiger partial charge in [0, 0.05) is 30.2 Å². The first-order valence-electron chi connectivity index (χ1n) is 5.74. The van der Waals surface area contributed by atoms with Crippen LogP contribution in [0.15, 0.2) is 18.3 Å². The summed E-state index contributed by atoms with van der Waals surface area (Å²) in [5.74, 6) is 0. The van der Waals surface area contributed by atoms with Gasteiger partial charge in [0.2, 0.25) is 0 Å². The van der Waals surface area contributed by atoms with Gasteiger partial charge in [0.05, 0.1) is 0 Å². The Morgan fingerprint density at radius 1 is 1.60 bits per heavy atom. The summed E-state index contributed by atoms with van der Waals surface area (Å²) in [5.41, 5.74) is 2.25. The molecule has 0 aromatic carbocycles. The minimum absolute atomic E-state index is 0.723. The lowest BCUT2D eigenvalue weighted by Crippen LogP contribution is -2.24. The third-order valence-electron chi connectivity index (χ3n) is 2.88. The van der Waals surface area contributed by atoms with Gasteiger partial charge >= 0.3 is 0 Å². The second kappa shape index (κ2) is 5.12. The summed E-state index contributed by atoms with van der Waals surface area (Å²) >= 11 is 0. The Labute approximate surface area is 91.3 Å². The van der Waals surface area contributed by atoms with Gasteiger partial charge in [0.1, 0.15) is 0 Å².